The Labute approximate surface area is 169 Å². The Morgan fingerprint density at radius 1 is 1.10 bits per heavy atom. The maximum Gasteiger partial charge on any atom is 0.273 e. The van der Waals surface area contributed by atoms with Crippen LogP contribution in [0.3, 0.4) is 0 Å². The molecule has 1 aliphatic heterocycles. The molecule has 2 amide bonds. The van der Waals surface area contributed by atoms with E-state index in [1.165, 1.54) is 12.1 Å². The molecule has 0 saturated carbocycles. The Morgan fingerprint density at radius 3 is 2.45 bits per heavy atom. The summed E-state index contributed by atoms with van der Waals surface area (Å²) >= 11 is 0. The zero-order valence-corrected chi connectivity index (χ0v) is 16.3. The number of benzene rings is 2. The van der Waals surface area contributed by atoms with Gasteiger partial charge in [0.05, 0.1) is 11.5 Å². The van der Waals surface area contributed by atoms with E-state index in [4.69, 9.17) is 0 Å². The number of para-hydroxylation sites is 1. The zero-order valence-electron chi connectivity index (χ0n) is 16.3. The Morgan fingerprint density at radius 2 is 1.79 bits per heavy atom. The van der Waals surface area contributed by atoms with Crippen molar-refractivity contribution in [1.82, 2.24) is 10.2 Å². The monoisotopic (exact) mass is 396 g/mol. The molecule has 8 heteroatoms. The number of amides is 2. The molecule has 0 bridgehead atoms. The van der Waals surface area contributed by atoms with Crippen molar-refractivity contribution in [2.75, 3.05) is 25.0 Å². The summed E-state index contributed by atoms with van der Waals surface area (Å²) in [6.07, 6.45) is 1.44. The van der Waals surface area contributed by atoms with E-state index in [1.807, 2.05) is 30.3 Å². The van der Waals surface area contributed by atoms with E-state index in [0.29, 0.717) is 30.8 Å². The van der Waals surface area contributed by atoms with E-state index in [0.717, 1.165) is 18.5 Å². The number of carbonyl (C=O) groups is 2. The van der Waals surface area contributed by atoms with E-state index >= 15 is 0 Å². The molecule has 2 aromatic carbocycles. The van der Waals surface area contributed by atoms with Crippen LogP contribution in [0, 0.1) is 17.0 Å². The molecule has 0 aliphatic carbocycles. The van der Waals surface area contributed by atoms with Gasteiger partial charge in [-0.25, -0.2) is 0 Å². The highest BCUT2D eigenvalue weighted by Crippen LogP contribution is 2.21. The molecule has 2 aromatic rings. The van der Waals surface area contributed by atoms with Crippen molar-refractivity contribution in [3.63, 3.8) is 0 Å². The third-order valence-corrected chi connectivity index (χ3v) is 5.09. The van der Waals surface area contributed by atoms with Crippen LogP contribution >= 0.6 is 0 Å². The first-order valence-electron chi connectivity index (χ1n) is 9.56. The Kier molecular flexibility index (Phi) is 6.56. The van der Waals surface area contributed by atoms with Gasteiger partial charge in [-0.15, -0.1) is 0 Å². The minimum absolute atomic E-state index is 0.0189. The number of rotatable bonds is 6. The summed E-state index contributed by atoms with van der Waals surface area (Å²) in [7, 11) is 0. The summed E-state index contributed by atoms with van der Waals surface area (Å²) in [6, 6.07) is 13.8. The predicted octanol–water partition coefficient (Wildman–Crippen LogP) is 2.74. The molecule has 0 radical (unpaired) electrons. The molecule has 1 saturated heterocycles. The van der Waals surface area contributed by atoms with Crippen LogP contribution in [0.25, 0.3) is 0 Å². The molecule has 0 atom stereocenters. The van der Waals surface area contributed by atoms with Crippen molar-refractivity contribution in [1.29, 1.82) is 0 Å². The number of hydrogen-bond acceptors (Lipinski definition) is 5. The fourth-order valence-electron chi connectivity index (χ4n) is 3.49. The molecule has 3 rings (SSSR count). The van der Waals surface area contributed by atoms with Gasteiger partial charge in [-0.3, -0.25) is 24.6 Å². The molecule has 0 aromatic heterocycles. The normalized spacial score (nSPS) is 14.9. The van der Waals surface area contributed by atoms with E-state index < -0.39 is 4.92 Å². The number of likely N-dealkylation sites (tertiary alicyclic amines) is 1. The lowest BCUT2D eigenvalue weighted by atomic mass is 10.0. The molecule has 1 fully saturated rings. The summed E-state index contributed by atoms with van der Waals surface area (Å²) in [5.41, 5.74) is 1.40. The minimum atomic E-state index is -0.481. The summed E-state index contributed by atoms with van der Waals surface area (Å²) in [5.74, 6) is -0.364. The fourth-order valence-corrected chi connectivity index (χ4v) is 3.49. The van der Waals surface area contributed by atoms with Gasteiger partial charge < -0.3 is 10.6 Å². The average molecular weight is 396 g/mol. The van der Waals surface area contributed by atoms with Crippen LogP contribution in [-0.4, -0.2) is 47.3 Å². The topological polar surface area (TPSA) is 105 Å². The van der Waals surface area contributed by atoms with Crippen LogP contribution in [-0.2, 0) is 4.79 Å². The second kappa shape index (κ2) is 9.29. The molecule has 1 heterocycles. The largest absolute Gasteiger partial charge is 0.349 e. The first-order chi connectivity index (χ1) is 13.9. The van der Waals surface area contributed by atoms with Gasteiger partial charge in [-0.05, 0) is 38.0 Å². The van der Waals surface area contributed by atoms with Crippen LogP contribution in [0.5, 0.6) is 0 Å². The number of nitrogens with zero attached hydrogens (tertiary/aromatic N) is 2. The van der Waals surface area contributed by atoms with E-state index in [2.05, 4.69) is 15.5 Å². The molecule has 29 heavy (non-hydrogen) atoms. The van der Waals surface area contributed by atoms with Crippen molar-refractivity contribution < 1.29 is 14.5 Å². The van der Waals surface area contributed by atoms with Gasteiger partial charge in [0.2, 0.25) is 5.91 Å². The highest BCUT2D eigenvalue weighted by Gasteiger charge is 2.24. The predicted molar refractivity (Wildman–Crippen MR) is 110 cm³/mol. The summed E-state index contributed by atoms with van der Waals surface area (Å²) in [4.78, 5) is 37.4. The van der Waals surface area contributed by atoms with Crippen molar-refractivity contribution >= 4 is 23.2 Å². The molecule has 1 aliphatic rings. The number of anilines is 1. The minimum Gasteiger partial charge on any atom is -0.349 e. The molecule has 0 spiro atoms. The van der Waals surface area contributed by atoms with Crippen molar-refractivity contribution in [3.8, 4) is 0 Å². The van der Waals surface area contributed by atoms with Crippen LogP contribution in [0.4, 0.5) is 11.4 Å². The number of piperidine rings is 1. The van der Waals surface area contributed by atoms with Crippen molar-refractivity contribution in [2.24, 2.45) is 0 Å². The van der Waals surface area contributed by atoms with Gasteiger partial charge >= 0.3 is 0 Å². The number of nitro groups is 1. The number of hydrogen-bond donors (Lipinski definition) is 2. The standard InChI is InChI=1S/C21H24N4O4/c1-15-18(8-5-9-19(15)25(28)29)21(27)23-17-10-12-24(13-11-17)14-20(26)22-16-6-3-2-4-7-16/h2-9,17H,10-14H2,1H3,(H,22,26)(H,23,27). The Bertz CT molecular complexity index is 893. The quantitative estimate of drug-likeness (QED) is 0.577. The van der Waals surface area contributed by atoms with Gasteiger partial charge in [-0.1, -0.05) is 24.3 Å². The lowest BCUT2D eigenvalue weighted by molar-refractivity contribution is -0.385. The summed E-state index contributed by atoms with van der Waals surface area (Å²) in [5, 5.41) is 16.9. The third-order valence-electron chi connectivity index (χ3n) is 5.09. The summed E-state index contributed by atoms with van der Waals surface area (Å²) in [6.45, 7) is 3.28. The molecular weight excluding hydrogens is 372 g/mol. The molecule has 152 valence electrons. The highest BCUT2D eigenvalue weighted by molar-refractivity contribution is 5.96. The molecule has 8 nitrogen and oxygen atoms in total. The van der Waals surface area contributed by atoms with Crippen molar-refractivity contribution in [3.05, 3.63) is 69.8 Å². The van der Waals surface area contributed by atoms with Crippen LogP contribution in [0.2, 0.25) is 0 Å². The smallest absolute Gasteiger partial charge is 0.273 e. The zero-order chi connectivity index (χ0) is 20.8. The van der Waals surface area contributed by atoms with Gasteiger partial charge in [0.1, 0.15) is 0 Å². The van der Waals surface area contributed by atoms with Gasteiger partial charge in [0.15, 0.2) is 0 Å². The molecule has 0 unspecified atom stereocenters. The van der Waals surface area contributed by atoms with Gasteiger partial charge in [0.25, 0.3) is 11.6 Å². The fraction of sp³-hybridized carbons (Fsp3) is 0.333. The van der Waals surface area contributed by atoms with Crippen LogP contribution in [0.15, 0.2) is 48.5 Å². The third kappa shape index (κ3) is 5.39. The molecule has 2 N–H and O–H groups in total. The lowest BCUT2D eigenvalue weighted by Gasteiger charge is -2.32. The maximum absolute atomic E-state index is 12.6. The maximum atomic E-state index is 12.6. The highest BCUT2D eigenvalue weighted by atomic mass is 16.6. The first kappa shape index (κ1) is 20.5. The van der Waals surface area contributed by atoms with Crippen molar-refractivity contribution in [2.45, 2.75) is 25.8 Å². The SMILES string of the molecule is Cc1c(C(=O)NC2CCN(CC(=O)Nc3ccccc3)CC2)cccc1[N+](=O)[O-]. The second-order valence-corrected chi connectivity index (χ2v) is 7.14. The Hall–Kier alpha value is -3.26. The van der Waals surface area contributed by atoms with Gasteiger partial charge in [-0.2, -0.15) is 0 Å². The number of nitrogens with one attached hydrogen (secondary N) is 2. The number of nitro benzene ring substituents is 1. The summed E-state index contributed by atoms with van der Waals surface area (Å²) < 4.78 is 0. The molecular formula is C21H24N4O4. The van der Waals surface area contributed by atoms with E-state index in [-0.39, 0.29) is 23.5 Å². The lowest BCUT2D eigenvalue weighted by Crippen LogP contribution is -2.46. The van der Waals surface area contributed by atoms with Crippen LogP contribution < -0.4 is 10.6 Å². The van der Waals surface area contributed by atoms with Gasteiger partial charge in [0, 0.05) is 42.0 Å². The van der Waals surface area contributed by atoms with E-state index in [1.54, 1.807) is 13.0 Å². The number of carbonyl (C=O) groups excluding carboxylic acids is 2. The van der Waals surface area contributed by atoms with Crippen LogP contribution in [0.1, 0.15) is 28.8 Å². The van der Waals surface area contributed by atoms with E-state index in [9.17, 15) is 19.7 Å². The second-order valence-electron chi connectivity index (χ2n) is 7.14. The average Bonchev–Trinajstić information content (AvgIpc) is 2.70. The Balaban J connectivity index is 1.48. The first-order valence-corrected chi connectivity index (χ1v) is 9.56.